The molecule has 0 saturated heterocycles. The third kappa shape index (κ3) is 23.1. The second-order valence-electron chi connectivity index (χ2n) is 27.6. The third-order valence-corrected chi connectivity index (χ3v) is 20.4. The Morgan fingerprint density at radius 3 is 0.919 bits per heavy atom. The molecule has 0 aliphatic carbocycles. The van der Waals surface area contributed by atoms with Crippen LogP contribution in [-0.2, 0) is 56.0 Å². The highest BCUT2D eigenvalue weighted by atomic mass is 35.5. The molecule has 29 heteroatoms. The molecule has 0 spiro atoms. The number of methoxy groups -OCH3 is 5. The number of benzene rings is 9. The van der Waals surface area contributed by atoms with Crippen molar-refractivity contribution < 1.29 is 90.2 Å². The summed E-state index contributed by atoms with van der Waals surface area (Å²) >= 11 is 17.9. The summed E-state index contributed by atoms with van der Waals surface area (Å²) in [4.78, 5) is 150. The van der Waals surface area contributed by atoms with Gasteiger partial charge in [-0.25, -0.2) is 32.3 Å². The zero-order valence-corrected chi connectivity index (χ0v) is 69.6. The smallest absolute Gasteiger partial charge is 0.337 e. The molecule has 0 radical (unpaired) electrons. The van der Waals surface area contributed by atoms with Gasteiger partial charge in [-0.3, -0.25) is 42.9 Å². The molecule has 0 aliphatic rings. The topological polar surface area (TPSA) is 332 Å². The van der Waals surface area contributed by atoms with Crippen LogP contribution in [-0.4, -0.2) is 112 Å². The summed E-state index contributed by atoms with van der Waals surface area (Å²) in [6.07, 6.45) is 4.26. The van der Waals surface area contributed by atoms with Crippen LogP contribution in [0.4, 0.5) is 18.9 Å². The number of hydrogen-bond donors (Lipinski definition) is 3. The van der Waals surface area contributed by atoms with Crippen molar-refractivity contribution in [2.45, 2.75) is 71.0 Å². The minimum atomic E-state index is -1.21. The molecule has 123 heavy (non-hydrogen) atoms. The van der Waals surface area contributed by atoms with E-state index in [1.165, 1.54) is 133 Å². The third-order valence-electron chi connectivity index (χ3n) is 19.5. The van der Waals surface area contributed by atoms with Crippen molar-refractivity contribution in [3.63, 3.8) is 0 Å². The van der Waals surface area contributed by atoms with Gasteiger partial charge in [0.05, 0.1) is 98.0 Å². The Morgan fingerprint density at radius 1 is 0.374 bits per heavy atom. The van der Waals surface area contributed by atoms with Gasteiger partial charge in [-0.05, 0) is 134 Å². The van der Waals surface area contributed by atoms with Crippen molar-refractivity contribution in [3.8, 4) is 50.6 Å². The number of nitrogens with two attached hydrogens (primary N) is 1. The number of rotatable bonds is 28. The maximum absolute atomic E-state index is 15.2. The average molecular weight is 1730 g/mol. The number of pyridine rings is 3. The van der Waals surface area contributed by atoms with Crippen LogP contribution < -0.4 is 36.6 Å². The highest BCUT2D eigenvalue weighted by Gasteiger charge is 2.32. The Morgan fingerprint density at radius 2 is 0.650 bits per heavy atom. The molecule has 3 aromatic heterocycles. The van der Waals surface area contributed by atoms with Crippen molar-refractivity contribution in [2.75, 3.05) is 41.3 Å². The number of carbonyl (C=O) groups excluding carboxylic acids is 7. The number of aliphatic carboxylic acids is 1. The van der Waals surface area contributed by atoms with Crippen molar-refractivity contribution in [1.82, 2.24) is 13.7 Å². The highest BCUT2D eigenvalue weighted by Crippen LogP contribution is 2.41. The van der Waals surface area contributed by atoms with E-state index >= 15 is 8.78 Å². The van der Waals surface area contributed by atoms with Crippen LogP contribution in [0.3, 0.4) is 0 Å². The predicted octanol–water partition coefficient (Wildman–Crippen LogP) is 17.2. The van der Waals surface area contributed by atoms with Gasteiger partial charge in [-0.1, -0.05) is 150 Å². The van der Waals surface area contributed by atoms with Gasteiger partial charge in [0, 0.05) is 106 Å². The summed E-state index contributed by atoms with van der Waals surface area (Å²) in [6, 6.07) is 54.3. The largest absolute Gasteiger partial charge is 0.495 e. The monoisotopic (exact) mass is 1730 g/mol. The predicted molar refractivity (Wildman–Crippen MR) is 459 cm³/mol. The SMILES string of the molecule is COC(=O)c1ccc(CC(=O)C(Cc2ccccc2)n2cc(OC)c(-c3c(C(C)=O)ccc(Cl)c3F)cc2=O)cc1.COC(=O)c1ccc(N)cc1.COc1cn(C(Cc2ccccc2)C(=O)Cc2ccc(C(=O)O)cc2)c(=O)cc1-c1c(C(C)=O)ccc(Cl)c1F.COc1cn(C(Cc2ccccc2)C(=O)O)c(=O)cc1-c1c(C(C)=O)ccc(Cl)c1F. The van der Waals surface area contributed by atoms with Crippen molar-refractivity contribution in [3.05, 3.63) is 362 Å². The quantitative estimate of drug-likeness (QED) is 0.0233. The maximum Gasteiger partial charge on any atom is 0.337 e. The minimum Gasteiger partial charge on any atom is -0.495 e. The number of hydrogen-bond acceptors (Lipinski definition) is 18. The fraction of sp³-hybridized carbons (Fsp3) is 0.170. The molecular weight excluding hydrogens is 1650 g/mol. The minimum absolute atomic E-state index is 0.0119. The molecule has 0 saturated carbocycles. The van der Waals surface area contributed by atoms with Crippen molar-refractivity contribution in [1.29, 1.82) is 0 Å². The molecule has 12 rings (SSSR count). The van der Waals surface area contributed by atoms with Crippen LogP contribution in [0, 0.1) is 17.5 Å². The molecule has 0 bridgehead atoms. The summed E-state index contributed by atoms with van der Waals surface area (Å²) in [6.45, 7) is 3.82. The molecule has 0 fully saturated rings. The van der Waals surface area contributed by atoms with Gasteiger partial charge in [-0.2, -0.15) is 0 Å². The first-order valence-electron chi connectivity index (χ1n) is 37.4. The Bertz CT molecular complexity index is 6150. The molecule has 0 amide bonds. The highest BCUT2D eigenvalue weighted by molar-refractivity contribution is 6.32. The first-order chi connectivity index (χ1) is 58.7. The van der Waals surface area contributed by atoms with Crippen LogP contribution in [0.5, 0.6) is 17.2 Å². The van der Waals surface area contributed by atoms with Gasteiger partial charge in [0.25, 0.3) is 16.7 Å². The van der Waals surface area contributed by atoms with Gasteiger partial charge in [0.1, 0.15) is 40.7 Å². The first-order valence-corrected chi connectivity index (χ1v) is 38.6. The lowest BCUT2D eigenvalue weighted by Gasteiger charge is -2.22. The number of nitrogen functional groups attached to an aromatic ring is 1. The summed E-state index contributed by atoms with van der Waals surface area (Å²) in [5.74, 6) is -7.39. The fourth-order valence-electron chi connectivity index (χ4n) is 13.3. The number of anilines is 1. The first kappa shape index (κ1) is 92.8. The van der Waals surface area contributed by atoms with Gasteiger partial charge in [0.15, 0.2) is 28.9 Å². The van der Waals surface area contributed by atoms with Crippen LogP contribution >= 0.6 is 34.8 Å². The molecule has 3 heterocycles. The lowest BCUT2D eigenvalue weighted by molar-refractivity contribution is -0.141. The second-order valence-corrected chi connectivity index (χ2v) is 28.8. The Labute approximate surface area is 717 Å². The van der Waals surface area contributed by atoms with E-state index < -0.39 is 87.5 Å². The van der Waals surface area contributed by atoms with Crippen molar-refractivity contribution >= 4 is 93.3 Å². The zero-order chi connectivity index (χ0) is 89.6. The summed E-state index contributed by atoms with van der Waals surface area (Å²) in [7, 11) is 6.62. The lowest BCUT2D eigenvalue weighted by Crippen LogP contribution is -2.32. The van der Waals surface area contributed by atoms with Crippen LogP contribution in [0.25, 0.3) is 33.4 Å². The van der Waals surface area contributed by atoms with Crippen molar-refractivity contribution in [2.24, 2.45) is 0 Å². The number of Topliss-reactive ketones (excluding diaryl/α,β-unsaturated/α-hetero) is 5. The number of ketones is 5. The number of ether oxygens (including phenoxy) is 5. The molecule has 3 unspecified atom stereocenters. The van der Waals surface area contributed by atoms with E-state index in [2.05, 4.69) is 4.74 Å². The van der Waals surface area contributed by atoms with E-state index in [0.29, 0.717) is 27.9 Å². The number of aromatic nitrogens is 3. The van der Waals surface area contributed by atoms with Gasteiger partial charge in [-0.15, -0.1) is 0 Å². The molecular formula is C94H80Cl3F3N4O19. The average Bonchev–Trinajstić information content (AvgIpc) is 0.775. The molecule has 0 aliphatic heterocycles. The van der Waals surface area contributed by atoms with E-state index in [1.807, 2.05) is 60.7 Å². The van der Waals surface area contributed by atoms with E-state index in [4.69, 9.17) is 64.6 Å². The molecule has 23 nitrogen and oxygen atoms in total. The molecule has 3 atom stereocenters. The Hall–Kier alpha value is -14.1. The second kappa shape index (κ2) is 42.7. The Kier molecular flexibility index (Phi) is 32.2. The van der Waals surface area contributed by atoms with E-state index in [1.54, 1.807) is 91.0 Å². The van der Waals surface area contributed by atoms with Gasteiger partial charge in [0.2, 0.25) is 0 Å². The van der Waals surface area contributed by atoms with Crippen LogP contribution in [0.1, 0.15) is 129 Å². The fourth-order valence-corrected chi connectivity index (χ4v) is 13.8. The number of carbonyl (C=O) groups is 9. The summed E-state index contributed by atoms with van der Waals surface area (Å²) in [5.41, 5.74) is 8.38. The molecule has 632 valence electrons. The molecule has 12 aromatic rings. The van der Waals surface area contributed by atoms with Gasteiger partial charge < -0.3 is 48.8 Å². The number of nitrogens with zero attached hydrogens (tertiary/aromatic N) is 3. The number of esters is 2. The Balaban J connectivity index is 0.000000198. The van der Waals surface area contributed by atoms with E-state index in [-0.39, 0.29) is 138 Å². The normalized spacial score (nSPS) is 11.4. The van der Waals surface area contributed by atoms with Gasteiger partial charge >= 0.3 is 23.9 Å². The summed E-state index contributed by atoms with van der Waals surface area (Å²) < 4.78 is 74.5. The molecule has 4 N–H and O–H groups in total. The van der Waals surface area contributed by atoms with E-state index in [0.717, 1.165) is 39.5 Å². The maximum atomic E-state index is 15.2. The standard InChI is InChI=1S/C32H27ClFNO6.C31H25ClFNO6.C23H19ClFNO5.C8H9NO2/c1-19(36)23-13-14-25(33)31(34)30(23)24-17-29(38)35(18-28(24)40-2)26(15-20-7-5-4-6-8-20)27(37)16-21-9-11-22(12-10-21)32(39)41-3;1-18(35)22-12-13-24(32)30(33)29(22)23-16-28(37)34(17-27(23)40-2)25(14-19-6-4-3-5-7-19)26(36)15-20-8-10-21(11-9-20)31(38)39;1-13(27)15-8-9-17(24)22(25)21(15)16-11-20(28)26(12-19(16)31-2)18(23(29)30)10-14-6-4-3-5-7-14;1-11-8(10)6-2-4-7(9)5-3-6/h4-14,17-18,26H,15-16H2,1-3H3;3-13,16-17,25H,14-15H2,1-2H3,(H,38,39);3-9,11-12,18H,10H2,1-2H3,(H,29,30);2-5H,9H2,1H3. The van der Waals surface area contributed by atoms with Crippen LogP contribution in [0.15, 0.2) is 251 Å². The lowest BCUT2D eigenvalue weighted by atomic mass is 9.95. The number of halogens is 6. The summed E-state index contributed by atoms with van der Waals surface area (Å²) in [5, 5.41) is 18.2. The zero-order valence-electron chi connectivity index (χ0n) is 67.3. The van der Waals surface area contributed by atoms with E-state index in [9.17, 15) is 67.0 Å². The number of aromatic carboxylic acids is 1. The van der Waals surface area contributed by atoms with Crippen LogP contribution in [0.2, 0.25) is 15.1 Å². The number of carboxylic acid groups (broad SMARTS) is 2. The number of carboxylic acids is 2. The molecule has 9 aromatic carbocycles.